The van der Waals surface area contributed by atoms with E-state index in [9.17, 15) is 14.7 Å². The van der Waals surface area contributed by atoms with Gasteiger partial charge in [-0.2, -0.15) is 0 Å². The van der Waals surface area contributed by atoms with Crippen molar-refractivity contribution in [2.45, 2.75) is 27.4 Å². The van der Waals surface area contributed by atoms with E-state index in [1.54, 1.807) is 25.1 Å². The highest BCUT2D eigenvalue weighted by atomic mass is 32.2. The van der Waals surface area contributed by atoms with Crippen LogP contribution < -0.4 is 4.74 Å². The zero-order chi connectivity index (χ0) is 26.4. The molecule has 0 atom stereocenters. The molecule has 6 nitrogen and oxygen atoms in total. The Morgan fingerprint density at radius 2 is 1.76 bits per heavy atom. The molecule has 1 heterocycles. The SMILES string of the molecule is CCOC(=O)C1=C(O)/C(=C/c2ccc(OCc3cccc(C)c3)cc2)SC1=NC(=O)c1ccccc1C. The second kappa shape index (κ2) is 11.8. The van der Waals surface area contributed by atoms with Gasteiger partial charge in [0.2, 0.25) is 0 Å². The third-order valence-corrected chi connectivity index (χ3v) is 6.63. The number of hydrogen-bond acceptors (Lipinski definition) is 6. The molecule has 1 N–H and O–H groups in total. The highest BCUT2D eigenvalue weighted by molar-refractivity contribution is 8.18. The maximum atomic E-state index is 12.8. The molecular weight excluding hydrogens is 486 g/mol. The van der Waals surface area contributed by atoms with E-state index in [0.717, 1.165) is 28.5 Å². The van der Waals surface area contributed by atoms with E-state index in [0.29, 0.717) is 22.8 Å². The first kappa shape index (κ1) is 26.0. The topological polar surface area (TPSA) is 85.2 Å². The Morgan fingerprint density at radius 1 is 1.00 bits per heavy atom. The number of aliphatic hydroxyl groups is 1. The lowest BCUT2D eigenvalue weighted by Crippen LogP contribution is -2.14. The summed E-state index contributed by atoms with van der Waals surface area (Å²) in [6.45, 7) is 6.11. The molecule has 1 amide bonds. The third-order valence-electron chi connectivity index (χ3n) is 5.61. The first-order chi connectivity index (χ1) is 17.9. The van der Waals surface area contributed by atoms with Crippen molar-refractivity contribution in [2.75, 3.05) is 6.61 Å². The van der Waals surface area contributed by atoms with Crippen molar-refractivity contribution in [1.82, 2.24) is 0 Å². The molecule has 1 aliphatic heterocycles. The van der Waals surface area contributed by atoms with Crippen molar-refractivity contribution < 1.29 is 24.2 Å². The molecule has 4 rings (SSSR count). The zero-order valence-corrected chi connectivity index (χ0v) is 21.7. The molecule has 1 aliphatic rings. The van der Waals surface area contributed by atoms with Gasteiger partial charge in [0.25, 0.3) is 5.91 Å². The summed E-state index contributed by atoms with van der Waals surface area (Å²) in [6, 6.07) is 22.6. The van der Waals surface area contributed by atoms with E-state index >= 15 is 0 Å². The minimum Gasteiger partial charge on any atom is -0.506 e. The van der Waals surface area contributed by atoms with E-state index in [1.807, 2.05) is 68.4 Å². The van der Waals surface area contributed by atoms with E-state index < -0.39 is 11.9 Å². The lowest BCUT2D eigenvalue weighted by molar-refractivity contribution is -0.138. The number of aryl methyl sites for hydroxylation is 2. The van der Waals surface area contributed by atoms with E-state index in [-0.39, 0.29) is 23.0 Å². The van der Waals surface area contributed by atoms with Gasteiger partial charge in [0, 0.05) is 5.56 Å². The van der Waals surface area contributed by atoms with Crippen molar-refractivity contribution in [3.8, 4) is 5.75 Å². The van der Waals surface area contributed by atoms with Crippen LogP contribution in [0.5, 0.6) is 5.75 Å². The second-order valence-electron chi connectivity index (χ2n) is 8.44. The van der Waals surface area contributed by atoms with Crippen LogP contribution in [0.4, 0.5) is 0 Å². The number of nitrogens with zero attached hydrogens (tertiary/aromatic N) is 1. The Morgan fingerprint density at radius 3 is 2.46 bits per heavy atom. The van der Waals surface area contributed by atoms with Gasteiger partial charge in [-0.3, -0.25) is 4.79 Å². The Bertz CT molecular complexity index is 1420. The van der Waals surface area contributed by atoms with Crippen molar-refractivity contribution >= 4 is 34.8 Å². The van der Waals surface area contributed by atoms with Gasteiger partial charge in [0.1, 0.15) is 28.7 Å². The standard InChI is InChI=1S/C30H27NO5S/c1-4-35-30(34)26-27(32)25(37-29(26)31-28(33)24-11-6-5-9-20(24)3)17-21-12-14-23(15-13-21)36-18-22-10-7-8-19(2)16-22/h5-17,32H,4,18H2,1-3H3/b25-17-,31-29?. The largest absolute Gasteiger partial charge is 0.506 e. The van der Waals surface area contributed by atoms with Crippen LogP contribution in [0.25, 0.3) is 6.08 Å². The second-order valence-corrected chi connectivity index (χ2v) is 9.47. The number of benzene rings is 3. The normalized spacial score (nSPS) is 15.3. The van der Waals surface area contributed by atoms with Gasteiger partial charge in [-0.05, 0) is 61.7 Å². The number of esters is 1. The van der Waals surface area contributed by atoms with Crippen LogP contribution in [0.3, 0.4) is 0 Å². The monoisotopic (exact) mass is 513 g/mol. The maximum absolute atomic E-state index is 12.8. The highest BCUT2D eigenvalue weighted by Gasteiger charge is 2.34. The van der Waals surface area contributed by atoms with Crippen LogP contribution in [0, 0.1) is 13.8 Å². The van der Waals surface area contributed by atoms with Crippen LogP contribution in [-0.4, -0.2) is 28.6 Å². The molecule has 7 heteroatoms. The number of carbonyl (C=O) groups is 2. The predicted octanol–water partition coefficient (Wildman–Crippen LogP) is 6.58. The number of aliphatic hydroxyl groups excluding tert-OH is 1. The predicted molar refractivity (Wildman–Crippen MR) is 147 cm³/mol. The number of hydrogen-bond donors (Lipinski definition) is 1. The maximum Gasteiger partial charge on any atom is 0.344 e. The minimum atomic E-state index is -0.730. The summed E-state index contributed by atoms with van der Waals surface area (Å²) in [5, 5.41) is 11.0. The molecule has 3 aromatic carbocycles. The lowest BCUT2D eigenvalue weighted by Gasteiger charge is -2.07. The smallest absolute Gasteiger partial charge is 0.344 e. The molecular formula is C30H27NO5S. The number of ether oxygens (including phenoxy) is 2. The molecule has 3 aromatic rings. The van der Waals surface area contributed by atoms with Crippen molar-refractivity contribution in [1.29, 1.82) is 0 Å². The van der Waals surface area contributed by atoms with Crippen LogP contribution >= 0.6 is 11.8 Å². The average molecular weight is 514 g/mol. The Kier molecular flexibility index (Phi) is 8.25. The molecule has 0 aromatic heterocycles. The van der Waals surface area contributed by atoms with E-state index in [2.05, 4.69) is 11.1 Å². The zero-order valence-electron chi connectivity index (χ0n) is 20.9. The fourth-order valence-electron chi connectivity index (χ4n) is 3.74. The molecule has 0 saturated heterocycles. The Balaban J connectivity index is 1.56. The number of aliphatic imine (C=N–C) groups is 1. The lowest BCUT2D eigenvalue weighted by atomic mass is 10.1. The summed E-state index contributed by atoms with van der Waals surface area (Å²) >= 11 is 1.05. The summed E-state index contributed by atoms with van der Waals surface area (Å²) in [5.41, 5.74) is 4.13. The van der Waals surface area contributed by atoms with E-state index in [1.165, 1.54) is 5.56 Å². The van der Waals surface area contributed by atoms with Gasteiger partial charge in [0.05, 0.1) is 11.5 Å². The number of rotatable bonds is 7. The van der Waals surface area contributed by atoms with Gasteiger partial charge >= 0.3 is 5.97 Å². The van der Waals surface area contributed by atoms with Crippen LogP contribution in [-0.2, 0) is 16.1 Å². The van der Waals surface area contributed by atoms with Crippen LogP contribution in [0.1, 0.15) is 39.5 Å². The molecule has 0 unspecified atom stereocenters. The van der Waals surface area contributed by atoms with Gasteiger partial charge in [-0.15, -0.1) is 0 Å². The molecule has 0 radical (unpaired) electrons. The molecule has 0 spiro atoms. The summed E-state index contributed by atoms with van der Waals surface area (Å²) in [5.74, 6) is -0.779. The molecule has 37 heavy (non-hydrogen) atoms. The van der Waals surface area contributed by atoms with Gasteiger partial charge in [0.15, 0.2) is 0 Å². The van der Waals surface area contributed by atoms with Crippen molar-refractivity contribution in [3.05, 3.63) is 117 Å². The molecule has 0 aliphatic carbocycles. The van der Waals surface area contributed by atoms with Gasteiger partial charge in [-0.25, -0.2) is 9.79 Å². The van der Waals surface area contributed by atoms with Crippen molar-refractivity contribution in [3.63, 3.8) is 0 Å². The molecule has 0 bridgehead atoms. The van der Waals surface area contributed by atoms with Crippen LogP contribution in [0.2, 0.25) is 0 Å². The molecule has 0 saturated carbocycles. The number of carbonyl (C=O) groups excluding carboxylic acids is 2. The third kappa shape index (κ3) is 6.37. The number of amides is 1. The molecule has 188 valence electrons. The average Bonchev–Trinajstić information content (AvgIpc) is 3.18. The summed E-state index contributed by atoms with van der Waals surface area (Å²) in [7, 11) is 0. The van der Waals surface area contributed by atoms with Crippen LogP contribution in [0.15, 0.2) is 94.0 Å². The minimum absolute atomic E-state index is 0.105. The summed E-state index contributed by atoms with van der Waals surface area (Å²) < 4.78 is 11.0. The van der Waals surface area contributed by atoms with Crippen molar-refractivity contribution in [2.24, 2.45) is 4.99 Å². The Labute approximate surface area is 220 Å². The first-order valence-electron chi connectivity index (χ1n) is 11.8. The fourth-order valence-corrected chi connectivity index (χ4v) is 4.75. The van der Waals surface area contributed by atoms with Gasteiger partial charge < -0.3 is 14.6 Å². The van der Waals surface area contributed by atoms with E-state index in [4.69, 9.17) is 9.47 Å². The first-order valence-corrected chi connectivity index (χ1v) is 12.6. The molecule has 0 fully saturated rings. The van der Waals surface area contributed by atoms with Gasteiger partial charge in [-0.1, -0.05) is 71.9 Å². The Hall–Kier alpha value is -4.10. The fraction of sp³-hybridized carbons (Fsp3) is 0.167. The number of thioether (sulfide) groups is 1. The highest BCUT2D eigenvalue weighted by Crippen LogP contribution is 2.39. The quantitative estimate of drug-likeness (QED) is 0.359. The summed E-state index contributed by atoms with van der Waals surface area (Å²) in [6.07, 6.45) is 1.73. The summed E-state index contributed by atoms with van der Waals surface area (Å²) in [4.78, 5) is 30.0.